The van der Waals surface area contributed by atoms with E-state index in [4.69, 9.17) is 44.3 Å². The summed E-state index contributed by atoms with van der Waals surface area (Å²) in [6.07, 6.45) is 1.49. The van der Waals surface area contributed by atoms with Crippen molar-refractivity contribution in [3.05, 3.63) is 98.2 Å². The minimum absolute atomic E-state index is 0.0771. The number of allylic oxidation sites excluding steroid dienone is 1. The van der Waals surface area contributed by atoms with Crippen molar-refractivity contribution in [3.8, 4) is 11.5 Å². The number of ether oxygens (including phenoxy) is 2. The van der Waals surface area contributed by atoms with Crippen molar-refractivity contribution >= 4 is 52.6 Å². The molecule has 3 aromatic rings. The lowest BCUT2D eigenvalue weighted by atomic mass is 10.1. The Balaban J connectivity index is 1.59. The predicted octanol–water partition coefficient (Wildman–Crippen LogP) is 6.48. The Kier molecular flexibility index (Phi) is 5.33. The van der Waals surface area contributed by atoms with Crippen LogP contribution in [-0.4, -0.2) is 11.8 Å². The van der Waals surface area contributed by atoms with Gasteiger partial charge in [0.2, 0.25) is 5.78 Å². The van der Waals surface area contributed by atoms with Crippen LogP contribution in [0.1, 0.15) is 26.3 Å². The highest BCUT2D eigenvalue weighted by atomic mass is 35.5. The van der Waals surface area contributed by atoms with E-state index < -0.39 is 5.97 Å². The third kappa shape index (κ3) is 4.01. The van der Waals surface area contributed by atoms with Gasteiger partial charge in [-0.1, -0.05) is 46.9 Å². The van der Waals surface area contributed by atoms with E-state index in [0.717, 1.165) is 0 Å². The van der Waals surface area contributed by atoms with E-state index in [-0.39, 0.29) is 23.0 Å². The summed E-state index contributed by atoms with van der Waals surface area (Å²) in [6.45, 7) is 0. The molecule has 0 atom stereocenters. The van der Waals surface area contributed by atoms with Crippen molar-refractivity contribution < 1.29 is 19.1 Å². The number of esters is 1. The minimum atomic E-state index is -0.574. The Hall–Kier alpha value is -2.79. The molecule has 4 rings (SSSR count). The molecule has 0 radical (unpaired) electrons. The van der Waals surface area contributed by atoms with Gasteiger partial charge in [0.1, 0.15) is 11.5 Å². The van der Waals surface area contributed by atoms with E-state index >= 15 is 0 Å². The van der Waals surface area contributed by atoms with Gasteiger partial charge in [-0.25, -0.2) is 4.79 Å². The number of halogens is 3. The average molecular weight is 446 g/mol. The molecule has 1 heterocycles. The summed E-state index contributed by atoms with van der Waals surface area (Å²) in [6, 6.07) is 16.0. The van der Waals surface area contributed by atoms with Crippen LogP contribution in [0.5, 0.6) is 11.5 Å². The van der Waals surface area contributed by atoms with Crippen molar-refractivity contribution in [2.45, 2.75) is 0 Å². The van der Waals surface area contributed by atoms with Crippen molar-refractivity contribution in [2.75, 3.05) is 0 Å². The molecule has 0 N–H and O–H groups in total. The smallest absolute Gasteiger partial charge is 0.343 e. The summed E-state index contributed by atoms with van der Waals surface area (Å²) in [5.74, 6) is -0.299. The molecule has 144 valence electrons. The first-order chi connectivity index (χ1) is 13.9. The maximum atomic E-state index is 12.6. The first-order valence-corrected chi connectivity index (χ1v) is 9.56. The van der Waals surface area contributed by atoms with Crippen LogP contribution in [0.3, 0.4) is 0 Å². The largest absolute Gasteiger partial charge is 0.452 e. The lowest BCUT2D eigenvalue weighted by Crippen LogP contribution is -2.08. The van der Waals surface area contributed by atoms with E-state index in [1.807, 2.05) is 0 Å². The van der Waals surface area contributed by atoms with Crippen LogP contribution in [0.2, 0.25) is 15.1 Å². The molecule has 0 unspecified atom stereocenters. The molecule has 0 aliphatic carbocycles. The van der Waals surface area contributed by atoms with E-state index in [1.165, 1.54) is 30.3 Å². The third-order valence-corrected chi connectivity index (χ3v) is 5.08. The number of rotatable bonds is 3. The Morgan fingerprint density at radius 1 is 0.931 bits per heavy atom. The molecule has 0 saturated heterocycles. The molecule has 0 aromatic heterocycles. The maximum absolute atomic E-state index is 12.6. The molecule has 0 spiro atoms. The van der Waals surface area contributed by atoms with E-state index in [1.54, 1.807) is 36.4 Å². The van der Waals surface area contributed by atoms with Crippen molar-refractivity contribution in [1.29, 1.82) is 0 Å². The summed E-state index contributed by atoms with van der Waals surface area (Å²) in [4.78, 5) is 24.9. The van der Waals surface area contributed by atoms with Gasteiger partial charge in [0, 0.05) is 26.7 Å². The fraction of sp³-hybridized carbons (Fsp3) is 0. The van der Waals surface area contributed by atoms with Gasteiger partial charge in [-0.05, 0) is 48.5 Å². The first-order valence-electron chi connectivity index (χ1n) is 8.42. The van der Waals surface area contributed by atoms with Gasteiger partial charge >= 0.3 is 5.97 Å². The van der Waals surface area contributed by atoms with Crippen molar-refractivity contribution in [3.63, 3.8) is 0 Å². The van der Waals surface area contributed by atoms with Crippen LogP contribution >= 0.6 is 34.8 Å². The summed E-state index contributed by atoms with van der Waals surface area (Å²) >= 11 is 18.2. The van der Waals surface area contributed by atoms with Gasteiger partial charge in [0.05, 0.1) is 11.1 Å². The van der Waals surface area contributed by atoms with Crippen molar-refractivity contribution in [2.24, 2.45) is 0 Å². The second-order valence-corrected chi connectivity index (χ2v) is 7.38. The fourth-order valence-electron chi connectivity index (χ4n) is 2.79. The topological polar surface area (TPSA) is 52.6 Å². The zero-order valence-electron chi connectivity index (χ0n) is 14.6. The monoisotopic (exact) mass is 444 g/mol. The number of carbonyl (C=O) groups is 2. The fourth-order valence-corrected chi connectivity index (χ4v) is 3.49. The molecular formula is C22H11Cl3O4. The average Bonchev–Trinajstić information content (AvgIpc) is 3.00. The van der Waals surface area contributed by atoms with Gasteiger partial charge in [-0.3, -0.25) is 4.79 Å². The Morgan fingerprint density at radius 3 is 2.38 bits per heavy atom. The highest BCUT2D eigenvalue weighted by Gasteiger charge is 2.28. The highest BCUT2D eigenvalue weighted by Crippen LogP contribution is 2.36. The predicted molar refractivity (Wildman–Crippen MR) is 112 cm³/mol. The summed E-state index contributed by atoms with van der Waals surface area (Å²) < 4.78 is 11.0. The zero-order chi connectivity index (χ0) is 20.5. The van der Waals surface area contributed by atoms with Gasteiger partial charge in [-0.2, -0.15) is 0 Å². The van der Waals surface area contributed by atoms with Crippen LogP contribution < -0.4 is 9.47 Å². The molecular weight excluding hydrogens is 435 g/mol. The molecule has 1 aliphatic rings. The van der Waals surface area contributed by atoms with Gasteiger partial charge in [-0.15, -0.1) is 0 Å². The van der Waals surface area contributed by atoms with Crippen LogP contribution in [0.4, 0.5) is 0 Å². The van der Waals surface area contributed by atoms with Crippen LogP contribution in [0.25, 0.3) is 6.08 Å². The standard InChI is InChI=1S/C22H11Cl3O4/c23-13-4-1-3-12(9-13)22(27)28-14-7-8-15-19(10-14)29-20(21(15)26)11-16-17(24)5-2-6-18(16)25/h1-11H/b20-11-. The van der Waals surface area contributed by atoms with E-state index in [0.29, 0.717) is 31.8 Å². The second kappa shape index (κ2) is 7.91. The SMILES string of the molecule is O=C(Oc1ccc2c(c1)O/C(=C\c1c(Cl)cccc1Cl)C2=O)c1cccc(Cl)c1. The number of hydrogen-bond acceptors (Lipinski definition) is 4. The number of fused-ring (bicyclic) bond motifs is 1. The number of carbonyl (C=O) groups excluding carboxylic acids is 2. The second-order valence-electron chi connectivity index (χ2n) is 6.13. The highest BCUT2D eigenvalue weighted by molar-refractivity contribution is 6.37. The summed E-state index contributed by atoms with van der Waals surface area (Å²) in [5.41, 5.74) is 1.14. The summed E-state index contributed by atoms with van der Waals surface area (Å²) in [7, 11) is 0. The van der Waals surface area contributed by atoms with Gasteiger partial charge < -0.3 is 9.47 Å². The molecule has 0 fully saturated rings. The lowest BCUT2D eigenvalue weighted by Gasteiger charge is -2.06. The van der Waals surface area contributed by atoms with E-state index in [2.05, 4.69) is 0 Å². The van der Waals surface area contributed by atoms with Crippen LogP contribution in [-0.2, 0) is 0 Å². The molecule has 0 amide bonds. The van der Waals surface area contributed by atoms with Gasteiger partial charge in [0.25, 0.3) is 0 Å². The Morgan fingerprint density at radius 2 is 1.66 bits per heavy atom. The summed E-state index contributed by atoms with van der Waals surface area (Å²) in [5, 5.41) is 1.22. The zero-order valence-corrected chi connectivity index (χ0v) is 16.9. The number of Topliss-reactive ketones (excluding diaryl/α,β-unsaturated/α-hetero) is 1. The molecule has 4 nitrogen and oxygen atoms in total. The molecule has 3 aromatic carbocycles. The molecule has 1 aliphatic heterocycles. The maximum Gasteiger partial charge on any atom is 0.343 e. The third-order valence-electron chi connectivity index (χ3n) is 4.19. The molecule has 0 saturated carbocycles. The molecule has 7 heteroatoms. The van der Waals surface area contributed by atoms with E-state index in [9.17, 15) is 9.59 Å². The van der Waals surface area contributed by atoms with Gasteiger partial charge in [0.15, 0.2) is 5.76 Å². The van der Waals surface area contributed by atoms with Crippen LogP contribution in [0.15, 0.2) is 66.4 Å². The quantitative estimate of drug-likeness (QED) is 0.263. The molecule has 29 heavy (non-hydrogen) atoms. The Bertz CT molecular complexity index is 1160. The van der Waals surface area contributed by atoms with Crippen molar-refractivity contribution in [1.82, 2.24) is 0 Å². The number of ketones is 1. The minimum Gasteiger partial charge on any atom is -0.452 e. The first kappa shape index (κ1) is 19.5. The normalized spacial score (nSPS) is 13.9. The number of hydrogen-bond donors (Lipinski definition) is 0. The lowest BCUT2D eigenvalue weighted by molar-refractivity contribution is 0.0734. The molecule has 0 bridgehead atoms. The Labute approximate surface area is 181 Å². The van der Waals surface area contributed by atoms with Crippen LogP contribution in [0, 0.1) is 0 Å². The number of benzene rings is 3.